The first-order valence-corrected chi connectivity index (χ1v) is 10.8. The van der Waals surface area contributed by atoms with Gasteiger partial charge in [-0.25, -0.2) is 9.97 Å². The Balaban J connectivity index is 1.46. The third kappa shape index (κ3) is 3.80. The molecule has 0 aliphatic carbocycles. The van der Waals surface area contributed by atoms with Crippen molar-refractivity contribution in [2.75, 3.05) is 19.5 Å². The number of nitrogens with zero attached hydrogens (tertiary/aromatic N) is 3. The first-order chi connectivity index (χ1) is 16.1. The molecule has 166 valence electrons. The third-order valence-corrected chi connectivity index (χ3v) is 5.80. The Morgan fingerprint density at radius 2 is 1.91 bits per heavy atom. The summed E-state index contributed by atoms with van der Waals surface area (Å²) in [5.74, 6) is 1.39. The average molecular weight is 462 g/mol. The molecule has 10 heteroatoms. The van der Waals surface area contributed by atoms with E-state index in [0.717, 1.165) is 5.56 Å². The van der Waals surface area contributed by atoms with E-state index >= 15 is 0 Å². The molecule has 0 saturated carbocycles. The second kappa shape index (κ2) is 8.40. The summed E-state index contributed by atoms with van der Waals surface area (Å²) in [6, 6.07) is 10.7. The summed E-state index contributed by atoms with van der Waals surface area (Å²) in [5, 5.41) is 9.67. The number of aromatic nitrogens is 3. The summed E-state index contributed by atoms with van der Waals surface area (Å²) >= 11 is 1.32. The standard InChI is InChI=1S/C23H18N4O5S/c1-12-20-14(10-15(17-5-4-8-31-17)24-22(20)32-27-12)21(28)26-23-25-16(11-33-23)13-6-7-18(29-2)19(9-13)30-3/h4-11H,1-3H3,(H,25,26,28). The second-order valence-electron chi connectivity index (χ2n) is 7.04. The first kappa shape index (κ1) is 20.7. The number of amides is 1. The maximum absolute atomic E-state index is 13.2. The highest BCUT2D eigenvalue weighted by atomic mass is 32.1. The molecule has 4 aromatic heterocycles. The Hall–Kier alpha value is -4.18. The Labute approximate surface area is 192 Å². The zero-order valence-corrected chi connectivity index (χ0v) is 18.7. The molecule has 4 heterocycles. The largest absolute Gasteiger partial charge is 0.493 e. The number of thiazole rings is 1. The highest BCUT2D eigenvalue weighted by Crippen LogP contribution is 2.34. The highest BCUT2D eigenvalue weighted by molar-refractivity contribution is 7.14. The number of pyridine rings is 1. The fourth-order valence-electron chi connectivity index (χ4n) is 3.45. The van der Waals surface area contributed by atoms with Gasteiger partial charge in [0.25, 0.3) is 11.6 Å². The summed E-state index contributed by atoms with van der Waals surface area (Å²) in [4.78, 5) is 22.2. The average Bonchev–Trinajstić information content (AvgIpc) is 3.60. The molecule has 1 aromatic carbocycles. The molecule has 0 aliphatic heterocycles. The van der Waals surface area contributed by atoms with Gasteiger partial charge < -0.3 is 18.4 Å². The number of nitrogens with one attached hydrogen (secondary N) is 1. The Bertz CT molecular complexity index is 1460. The fourth-order valence-corrected chi connectivity index (χ4v) is 4.16. The van der Waals surface area contributed by atoms with Gasteiger partial charge in [-0.15, -0.1) is 11.3 Å². The number of anilines is 1. The monoisotopic (exact) mass is 462 g/mol. The zero-order valence-electron chi connectivity index (χ0n) is 17.9. The molecule has 5 aromatic rings. The molecule has 33 heavy (non-hydrogen) atoms. The van der Waals surface area contributed by atoms with E-state index in [1.54, 1.807) is 39.3 Å². The van der Waals surface area contributed by atoms with Crippen LogP contribution in [-0.2, 0) is 0 Å². The predicted octanol–water partition coefficient (Wildman–Crippen LogP) is 5.18. The van der Waals surface area contributed by atoms with E-state index in [9.17, 15) is 4.79 Å². The van der Waals surface area contributed by atoms with Crippen LogP contribution in [0.15, 0.2) is 57.0 Å². The lowest BCUT2D eigenvalue weighted by molar-refractivity contribution is 0.102. The maximum atomic E-state index is 13.2. The number of furan rings is 1. The van der Waals surface area contributed by atoms with Gasteiger partial charge in [0.2, 0.25) is 0 Å². The van der Waals surface area contributed by atoms with E-state index in [1.165, 1.54) is 17.6 Å². The molecule has 0 aliphatic rings. The smallest absolute Gasteiger partial charge is 0.259 e. The van der Waals surface area contributed by atoms with Crippen molar-refractivity contribution in [2.45, 2.75) is 6.92 Å². The van der Waals surface area contributed by atoms with Crippen LogP contribution in [0.5, 0.6) is 11.5 Å². The molecular weight excluding hydrogens is 444 g/mol. The van der Waals surface area contributed by atoms with Gasteiger partial charge in [0.05, 0.1) is 42.8 Å². The first-order valence-electron chi connectivity index (χ1n) is 9.87. The lowest BCUT2D eigenvalue weighted by Crippen LogP contribution is -2.13. The van der Waals surface area contributed by atoms with Crippen molar-refractivity contribution in [3.63, 3.8) is 0 Å². The second-order valence-corrected chi connectivity index (χ2v) is 7.90. The molecule has 5 rings (SSSR count). The van der Waals surface area contributed by atoms with E-state index in [1.807, 2.05) is 23.6 Å². The molecule has 1 N–H and O–H groups in total. The van der Waals surface area contributed by atoms with E-state index in [2.05, 4.69) is 20.4 Å². The molecule has 0 spiro atoms. The number of rotatable bonds is 6. The van der Waals surface area contributed by atoms with Crippen LogP contribution in [0.25, 0.3) is 33.8 Å². The lowest BCUT2D eigenvalue weighted by Gasteiger charge is -2.08. The molecule has 0 unspecified atom stereocenters. The van der Waals surface area contributed by atoms with Crippen LogP contribution in [0.1, 0.15) is 16.1 Å². The Morgan fingerprint density at radius 1 is 1.06 bits per heavy atom. The molecule has 0 saturated heterocycles. The minimum Gasteiger partial charge on any atom is -0.493 e. The minimum absolute atomic E-state index is 0.261. The van der Waals surface area contributed by atoms with Gasteiger partial charge in [-0.1, -0.05) is 5.16 Å². The normalized spacial score (nSPS) is 11.0. The molecule has 0 atom stereocenters. The lowest BCUT2D eigenvalue weighted by atomic mass is 10.1. The van der Waals surface area contributed by atoms with Crippen molar-refractivity contribution >= 4 is 33.5 Å². The van der Waals surface area contributed by atoms with Crippen molar-refractivity contribution in [1.82, 2.24) is 15.1 Å². The quantitative estimate of drug-likeness (QED) is 0.367. The highest BCUT2D eigenvalue weighted by Gasteiger charge is 2.21. The van der Waals surface area contributed by atoms with E-state index < -0.39 is 0 Å². The fraction of sp³-hybridized carbons (Fsp3) is 0.130. The molecule has 0 radical (unpaired) electrons. The number of ether oxygens (including phenoxy) is 2. The van der Waals surface area contributed by atoms with E-state index in [0.29, 0.717) is 50.4 Å². The van der Waals surface area contributed by atoms with Gasteiger partial charge in [-0.05, 0) is 43.3 Å². The summed E-state index contributed by atoms with van der Waals surface area (Å²) in [6.07, 6.45) is 1.54. The summed E-state index contributed by atoms with van der Waals surface area (Å²) in [5.41, 5.74) is 3.21. The number of hydrogen-bond donors (Lipinski definition) is 1. The van der Waals surface area contributed by atoms with E-state index in [4.69, 9.17) is 18.4 Å². The summed E-state index contributed by atoms with van der Waals surface area (Å²) in [7, 11) is 3.16. The molecule has 0 fully saturated rings. The number of carbonyl (C=O) groups is 1. The number of fused-ring (bicyclic) bond motifs is 1. The van der Waals surface area contributed by atoms with Crippen LogP contribution in [0.2, 0.25) is 0 Å². The van der Waals surface area contributed by atoms with Crippen molar-refractivity contribution in [2.24, 2.45) is 0 Å². The predicted molar refractivity (Wildman–Crippen MR) is 123 cm³/mol. The van der Waals surface area contributed by atoms with Crippen LogP contribution in [0.4, 0.5) is 5.13 Å². The molecule has 1 amide bonds. The topological polar surface area (TPSA) is 113 Å². The van der Waals surface area contributed by atoms with Gasteiger partial charge in [0.1, 0.15) is 5.69 Å². The van der Waals surface area contributed by atoms with Crippen LogP contribution >= 0.6 is 11.3 Å². The number of methoxy groups -OCH3 is 2. The molecule has 9 nitrogen and oxygen atoms in total. The van der Waals surface area contributed by atoms with Crippen LogP contribution in [0, 0.1) is 6.92 Å². The zero-order chi connectivity index (χ0) is 22.9. The van der Waals surface area contributed by atoms with Gasteiger partial charge in [0.15, 0.2) is 22.4 Å². The third-order valence-electron chi connectivity index (χ3n) is 5.04. The van der Waals surface area contributed by atoms with Crippen molar-refractivity contribution in [1.29, 1.82) is 0 Å². The van der Waals surface area contributed by atoms with Gasteiger partial charge in [0, 0.05) is 10.9 Å². The summed E-state index contributed by atoms with van der Waals surface area (Å²) in [6.45, 7) is 1.76. The van der Waals surface area contributed by atoms with Crippen LogP contribution in [0.3, 0.4) is 0 Å². The van der Waals surface area contributed by atoms with Crippen molar-refractivity contribution in [3.8, 4) is 34.2 Å². The number of aryl methyl sites for hydroxylation is 1. The van der Waals surface area contributed by atoms with Crippen molar-refractivity contribution in [3.05, 3.63) is 59.3 Å². The van der Waals surface area contributed by atoms with E-state index in [-0.39, 0.29) is 11.6 Å². The Morgan fingerprint density at radius 3 is 2.67 bits per heavy atom. The van der Waals surface area contributed by atoms with Crippen LogP contribution < -0.4 is 14.8 Å². The number of hydrogen-bond acceptors (Lipinski definition) is 9. The van der Waals surface area contributed by atoms with Crippen LogP contribution in [-0.4, -0.2) is 35.3 Å². The Kier molecular flexibility index (Phi) is 5.27. The SMILES string of the molecule is COc1ccc(-c2csc(NC(=O)c3cc(-c4ccco4)nc4onc(C)c34)n2)cc1OC. The maximum Gasteiger partial charge on any atom is 0.259 e. The number of benzene rings is 1. The minimum atomic E-state index is -0.352. The van der Waals surface area contributed by atoms with Gasteiger partial charge in [-0.2, -0.15) is 0 Å². The van der Waals surface area contributed by atoms with Gasteiger partial charge in [-0.3, -0.25) is 10.1 Å². The summed E-state index contributed by atoms with van der Waals surface area (Å²) < 4.78 is 21.4. The molecular formula is C23H18N4O5S. The molecule has 0 bridgehead atoms. The van der Waals surface area contributed by atoms with Gasteiger partial charge >= 0.3 is 0 Å². The van der Waals surface area contributed by atoms with Crippen molar-refractivity contribution < 1.29 is 23.2 Å². The number of carbonyl (C=O) groups excluding carboxylic acids is 1.